The van der Waals surface area contributed by atoms with Crippen molar-refractivity contribution in [3.63, 3.8) is 0 Å². The van der Waals surface area contributed by atoms with Gasteiger partial charge in [0.15, 0.2) is 0 Å². The zero-order valence-electron chi connectivity index (χ0n) is 12.3. The fourth-order valence-electron chi connectivity index (χ4n) is 2.06. The number of halogens is 2. The van der Waals surface area contributed by atoms with Crippen molar-refractivity contribution >= 4 is 23.4 Å². The molecule has 2 nitrogen and oxygen atoms in total. The maximum absolute atomic E-state index is 13.9. The zero-order valence-corrected chi connectivity index (χ0v) is 13.9. The Bertz CT molecular complexity index is 634. The molecule has 0 aliphatic rings. The molecule has 5 heteroatoms. The first-order chi connectivity index (χ1) is 10.0. The van der Waals surface area contributed by atoms with Crippen LogP contribution in [0.25, 0.3) is 0 Å². The van der Waals surface area contributed by atoms with Gasteiger partial charge in [0.05, 0.1) is 5.02 Å². The summed E-state index contributed by atoms with van der Waals surface area (Å²) in [4.78, 5) is 5.26. The Morgan fingerprint density at radius 3 is 2.86 bits per heavy atom. The number of hydrogen-bond donors (Lipinski definition) is 1. The average Bonchev–Trinajstić information content (AvgIpc) is 2.45. The topological polar surface area (TPSA) is 24.9 Å². The van der Waals surface area contributed by atoms with E-state index in [-0.39, 0.29) is 11.9 Å². The van der Waals surface area contributed by atoms with Crippen LogP contribution in [0.4, 0.5) is 4.39 Å². The van der Waals surface area contributed by atoms with E-state index < -0.39 is 0 Å². The first-order valence-electron chi connectivity index (χ1n) is 6.84. The Morgan fingerprint density at radius 2 is 2.19 bits per heavy atom. The Morgan fingerprint density at radius 1 is 1.43 bits per heavy atom. The van der Waals surface area contributed by atoms with Crippen molar-refractivity contribution in [2.45, 2.75) is 36.7 Å². The summed E-state index contributed by atoms with van der Waals surface area (Å²) in [5, 5.41) is 4.65. The molecule has 1 unspecified atom stereocenters. The van der Waals surface area contributed by atoms with E-state index in [1.54, 1.807) is 31.3 Å². The standard InChI is InChI=1S/C16H18ClFN2S/c1-4-19-11(3)12-9-14(18)10(2)8-15(12)21-16-13(17)6-5-7-20-16/h5-9,11,19H,4H2,1-3H3. The average molecular weight is 325 g/mol. The monoisotopic (exact) mass is 324 g/mol. The van der Waals surface area contributed by atoms with Crippen LogP contribution >= 0.6 is 23.4 Å². The van der Waals surface area contributed by atoms with Gasteiger partial charge in [-0.15, -0.1) is 0 Å². The minimum Gasteiger partial charge on any atom is -0.310 e. The number of nitrogens with zero attached hydrogens (tertiary/aromatic N) is 1. The second-order valence-electron chi connectivity index (χ2n) is 4.81. The summed E-state index contributed by atoms with van der Waals surface area (Å²) in [6, 6.07) is 7.12. The van der Waals surface area contributed by atoms with Gasteiger partial charge in [-0.3, -0.25) is 0 Å². The fourth-order valence-corrected chi connectivity index (χ4v) is 3.38. The highest BCUT2D eigenvalue weighted by Gasteiger charge is 2.15. The van der Waals surface area contributed by atoms with Crippen molar-refractivity contribution in [1.29, 1.82) is 0 Å². The molecule has 1 aromatic heterocycles. The molecule has 1 heterocycles. The van der Waals surface area contributed by atoms with Gasteiger partial charge in [0.25, 0.3) is 0 Å². The molecule has 0 spiro atoms. The lowest BCUT2D eigenvalue weighted by molar-refractivity contribution is 0.571. The Hall–Kier alpha value is -1.10. The molecule has 0 aliphatic carbocycles. The highest BCUT2D eigenvalue weighted by atomic mass is 35.5. The number of rotatable bonds is 5. The third-order valence-electron chi connectivity index (χ3n) is 3.20. The quantitative estimate of drug-likeness (QED) is 0.837. The van der Waals surface area contributed by atoms with Crippen LogP contribution in [0.1, 0.15) is 31.0 Å². The predicted molar refractivity (Wildman–Crippen MR) is 86.6 cm³/mol. The molecule has 1 N–H and O–H groups in total. The number of nitrogens with one attached hydrogen (secondary N) is 1. The van der Waals surface area contributed by atoms with E-state index in [9.17, 15) is 4.39 Å². The van der Waals surface area contributed by atoms with Crippen LogP contribution in [0.3, 0.4) is 0 Å². The first kappa shape index (κ1) is 16.3. The molecule has 21 heavy (non-hydrogen) atoms. The van der Waals surface area contributed by atoms with E-state index in [0.717, 1.165) is 22.0 Å². The van der Waals surface area contributed by atoms with E-state index in [1.807, 2.05) is 19.9 Å². The van der Waals surface area contributed by atoms with Gasteiger partial charge in [0.2, 0.25) is 0 Å². The number of benzene rings is 1. The van der Waals surface area contributed by atoms with E-state index in [1.165, 1.54) is 11.8 Å². The van der Waals surface area contributed by atoms with Crippen LogP contribution in [0.15, 0.2) is 40.4 Å². The predicted octanol–water partition coefficient (Wildman–Crippen LogP) is 5.00. The summed E-state index contributed by atoms with van der Waals surface area (Å²) in [5.41, 5.74) is 1.55. The van der Waals surface area contributed by atoms with Gasteiger partial charge in [-0.2, -0.15) is 0 Å². The van der Waals surface area contributed by atoms with Crippen LogP contribution in [-0.2, 0) is 0 Å². The number of pyridine rings is 1. The van der Waals surface area contributed by atoms with Crippen LogP contribution in [-0.4, -0.2) is 11.5 Å². The largest absolute Gasteiger partial charge is 0.310 e. The smallest absolute Gasteiger partial charge is 0.126 e. The minimum atomic E-state index is -0.189. The SMILES string of the molecule is CCNC(C)c1cc(F)c(C)cc1Sc1ncccc1Cl. The summed E-state index contributed by atoms with van der Waals surface area (Å²) in [7, 11) is 0. The maximum Gasteiger partial charge on any atom is 0.126 e. The third kappa shape index (κ3) is 3.96. The van der Waals surface area contributed by atoms with Crippen LogP contribution in [0, 0.1) is 12.7 Å². The Balaban J connectivity index is 2.41. The van der Waals surface area contributed by atoms with Crippen molar-refractivity contribution < 1.29 is 4.39 Å². The molecule has 0 radical (unpaired) electrons. The number of aryl methyl sites for hydroxylation is 1. The van der Waals surface area contributed by atoms with Gasteiger partial charge in [0, 0.05) is 17.1 Å². The van der Waals surface area contributed by atoms with E-state index >= 15 is 0 Å². The summed E-state index contributed by atoms with van der Waals surface area (Å²) < 4.78 is 13.9. The zero-order chi connectivity index (χ0) is 15.4. The number of hydrogen-bond acceptors (Lipinski definition) is 3. The van der Waals surface area contributed by atoms with Gasteiger partial charge < -0.3 is 5.32 Å². The number of aromatic nitrogens is 1. The van der Waals surface area contributed by atoms with Crippen LogP contribution < -0.4 is 5.32 Å². The molecule has 112 valence electrons. The van der Waals surface area contributed by atoms with Gasteiger partial charge in [-0.1, -0.05) is 30.3 Å². The van der Waals surface area contributed by atoms with Gasteiger partial charge in [0.1, 0.15) is 10.8 Å². The van der Waals surface area contributed by atoms with Crippen molar-refractivity contribution in [2.24, 2.45) is 0 Å². The minimum absolute atomic E-state index is 0.0649. The van der Waals surface area contributed by atoms with E-state index in [0.29, 0.717) is 10.6 Å². The molecule has 2 rings (SSSR count). The second-order valence-corrected chi connectivity index (χ2v) is 6.25. The highest BCUT2D eigenvalue weighted by Crippen LogP contribution is 2.36. The third-order valence-corrected chi connectivity index (χ3v) is 4.71. The molecule has 0 amide bonds. The molecule has 0 aliphatic heterocycles. The molecule has 1 atom stereocenters. The summed E-state index contributed by atoms with van der Waals surface area (Å²) >= 11 is 7.63. The van der Waals surface area contributed by atoms with Crippen LogP contribution in [0.5, 0.6) is 0 Å². The molecule has 1 aromatic carbocycles. The second kappa shape index (κ2) is 7.25. The summed E-state index contributed by atoms with van der Waals surface area (Å²) in [5.74, 6) is -0.189. The molecule has 0 bridgehead atoms. The van der Waals surface area contributed by atoms with E-state index in [4.69, 9.17) is 11.6 Å². The van der Waals surface area contributed by atoms with Crippen LogP contribution in [0.2, 0.25) is 5.02 Å². The summed E-state index contributed by atoms with van der Waals surface area (Å²) in [6.07, 6.45) is 1.71. The lowest BCUT2D eigenvalue weighted by Gasteiger charge is -2.18. The molecule has 2 aromatic rings. The molecule has 0 saturated carbocycles. The summed E-state index contributed by atoms with van der Waals surface area (Å²) in [6.45, 7) is 6.65. The van der Waals surface area contributed by atoms with Crippen molar-refractivity contribution in [3.8, 4) is 0 Å². The lowest BCUT2D eigenvalue weighted by Crippen LogP contribution is -2.18. The Kier molecular flexibility index (Phi) is 5.62. The highest BCUT2D eigenvalue weighted by molar-refractivity contribution is 7.99. The van der Waals surface area contributed by atoms with E-state index in [2.05, 4.69) is 10.3 Å². The first-order valence-corrected chi connectivity index (χ1v) is 8.04. The molecular formula is C16H18ClFN2S. The maximum atomic E-state index is 13.9. The molecule has 0 saturated heterocycles. The van der Waals surface area contributed by atoms with Gasteiger partial charge in [-0.25, -0.2) is 9.37 Å². The van der Waals surface area contributed by atoms with Crippen molar-refractivity contribution in [1.82, 2.24) is 10.3 Å². The van der Waals surface area contributed by atoms with Gasteiger partial charge >= 0.3 is 0 Å². The lowest BCUT2D eigenvalue weighted by atomic mass is 10.1. The normalized spacial score (nSPS) is 12.4. The van der Waals surface area contributed by atoms with Crippen molar-refractivity contribution in [2.75, 3.05) is 6.54 Å². The molecular weight excluding hydrogens is 307 g/mol. The Labute approximate surface area is 134 Å². The fraction of sp³-hybridized carbons (Fsp3) is 0.312. The molecule has 0 fully saturated rings. The van der Waals surface area contributed by atoms with Crippen molar-refractivity contribution in [3.05, 3.63) is 52.4 Å². The van der Waals surface area contributed by atoms with Gasteiger partial charge in [-0.05, 0) is 55.8 Å².